The van der Waals surface area contributed by atoms with Gasteiger partial charge in [-0.15, -0.1) is 11.3 Å². The minimum atomic E-state index is -1.01. The maximum absolute atomic E-state index is 13.8. The number of benzene rings is 2. The molecule has 2 aromatic heterocycles. The normalized spacial score (nSPS) is 13.1. The SMILES string of the molecule is O=C(CSc1nc2sc3c(c2c(=O)n1-c1ccc(Br)cc1)CCCC3)NN=Cc1ccc(C(=O)O)cc1. The zero-order valence-electron chi connectivity index (χ0n) is 19.4. The van der Waals surface area contributed by atoms with Gasteiger partial charge in [-0.3, -0.25) is 14.2 Å². The molecule has 1 aliphatic rings. The first-order valence-electron chi connectivity index (χ1n) is 11.5. The number of aromatic nitrogens is 2. The Bertz CT molecular complexity index is 1580. The molecule has 2 aromatic carbocycles. The number of hydrazone groups is 1. The average molecular weight is 598 g/mol. The number of hydrogen-bond acceptors (Lipinski definition) is 7. The summed E-state index contributed by atoms with van der Waals surface area (Å²) in [7, 11) is 0. The predicted molar refractivity (Wildman–Crippen MR) is 149 cm³/mol. The monoisotopic (exact) mass is 596 g/mol. The maximum atomic E-state index is 13.8. The number of carboxylic acids is 1. The standard InChI is InChI=1S/C26H21BrN4O4S2/c27-17-9-11-18(12-10-17)31-24(33)22-19-3-1-2-4-20(19)37-23(22)29-26(31)36-14-21(32)30-28-13-15-5-7-16(8-6-15)25(34)35/h5-13H,1-4,14H2,(H,30,32)(H,34,35). The summed E-state index contributed by atoms with van der Waals surface area (Å²) < 4.78 is 2.48. The number of halogens is 1. The summed E-state index contributed by atoms with van der Waals surface area (Å²) in [5.41, 5.74) is 4.98. The van der Waals surface area contributed by atoms with Crippen LogP contribution in [0.5, 0.6) is 0 Å². The highest BCUT2D eigenvalue weighted by atomic mass is 79.9. The Morgan fingerprint density at radius 3 is 2.59 bits per heavy atom. The first kappa shape index (κ1) is 25.4. The molecule has 1 amide bonds. The lowest BCUT2D eigenvalue weighted by Gasteiger charge is -2.13. The highest BCUT2D eigenvalue weighted by molar-refractivity contribution is 9.10. The molecule has 0 bridgehead atoms. The van der Waals surface area contributed by atoms with Gasteiger partial charge in [0, 0.05) is 9.35 Å². The van der Waals surface area contributed by atoms with Crippen LogP contribution in [0.15, 0.2) is 68.1 Å². The molecule has 188 valence electrons. The number of hydrogen-bond donors (Lipinski definition) is 2. The molecule has 1 aliphatic carbocycles. The van der Waals surface area contributed by atoms with E-state index >= 15 is 0 Å². The Labute approximate surface area is 228 Å². The van der Waals surface area contributed by atoms with E-state index in [1.807, 2.05) is 24.3 Å². The largest absolute Gasteiger partial charge is 0.478 e. The van der Waals surface area contributed by atoms with Crippen LogP contribution in [0, 0.1) is 0 Å². The van der Waals surface area contributed by atoms with Crippen LogP contribution in [0.4, 0.5) is 0 Å². The van der Waals surface area contributed by atoms with Crippen LogP contribution in [-0.4, -0.2) is 38.5 Å². The summed E-state index contributed by atoms with van der Waals surface area (Å²) >= 11 is 6.19. The van der Waals surface area contributed by atoms with Gasteiger partial charge in [-0.1, -0.05) is 39.8 Å². The van der Waals surface area contributed by atoms with Crippen LogP contribution in [-0.2, 0) is 17.6 Å². The lowest BCUT2D eigenvalue weighted by Crippen LogP contribution is -2.24. The first-order chi connectivity index (χ1) is 17.9. The third kappa shape index (κ3) is 5.53. The molecule has 0 atom stereocenters. The van der Waals surface area contributed by atoms with Crippen molar-refractivity contribution in [3.8, 4) is 5.69 Å². The van der Waals surface area contributed by atoms with E-state index < -0.39 is 5.97 Å². The minimum absolute atomic E-state index is 0.00879. The average Bonchev–Trinajstić information content (AvgIpc) is 3.27. The van der Waals surface area contributed by atoms with Crippen LogP contribution >= 0.6 is 39.0 Å². The summed E-state index contributed by atoms with van der Waals surface area (Å²) in [5.74, 6) is -1.36. The number of aromatic carboxylic acids is 1. The number of thioether (sulfide) groups is 1. The van der Waals surface area contributed by atoms with Crippen molar-refractivity contribution in [2.75, 3.05) is 5.75 Å². The molecule has 0 spiro atoms. The van der Waals surface area contributed by atoms with Gasteiger partial charge in [-0.05, 0) is 73.2 Å². The van der Waals surface area contributed by atoms with E-state index in [1.165, 1.54) is 35.0 Å². The Kier molecular flexibility index (Phi) is 7.54. The number of carbonyl (C=O) groups is 2. The van der Waals surface area contributed by atoms with E-state index in [4.69, 9.17) is 10.1 Å². The smallest absolute Gasteiger partial charge is 0.335 e. The lowest BCUT2D eigenvalue weighted by atomic mass is 9.97. The molecule has 0 radical (unpaired) electrons. The molecular weight excluding hydrogens is 576 g/mol. The van der Waals surface area contributed by atoms with E-state index in [9.17, 15) is 14.4 Å². The van der Waals surface area contributed by atoms with Crippen molar-refractivity contribution in [3.05, 3.63) is 84.9 Å². The van der Waals surface area contributed by atoms with Crippen molar-refractivity contribution in [2.24, 2.45) is 5.10 Å². The molecule has 5 rings (SSSR count). The fourth-order valence-electron chi connectivity index (χ4n) is 4.15. The molecule has 0 fully saturated rings. The highest BCUT2D eigenvalue weighted by Gasteiger charge is 2.23. The molecule has 8 nitrogen and oxygen atoms in total. The number of carboxylic acid groups (broad SMARTS) is 1. The van der Waals surface area contributed by atoms with Gasteiger partial charge in [0.05, 0.1) is 28.6 Å². The molecule has 2 heterocycles. The van der Waals surface area contributed by atoms with Gasteiger partial charge in [0.15, 0.2) is 5.16 Å². The fourth-order valence-corrected chi connectivity index (χ4v) is 6.53. The Balaban J connectivity index is 1.38. The molecule has 0 saturated carbocycles. The number of aryl methyl sites for hydroxylation is 2. The molecule has 37 heavy (non-hydrogen) atoms. The van der Waals surface area contributed by atoms with Gasteiger partial charge < -0.3 is 5.11 Å². The molecule has 4 aromatic rings. The number of thiophene rings is 1. The summed E-state index contributed by atoms with van der Waals surface area (Å²) in [6.07, 6.45) is 5.48. The Morgan fingerprint density at radius 2 is 1.86 bits per heavy atom. The molecule has 2 N–H and O–H groups in total. The van der Waals surface area contributed by atoms with Crippen LogP contribution < -0.4 is 11.0 Å². The molecule has 0 saturated heterocycles. The quantitative estimate of drug-likeness (QED) is 0.134. The van der Waals surface area contributed by atoms with Crippen LogP contribution in [0.25, 0.3) is 15.9 Å². The van der Waals surface area contributed by atoms with Crippen LogP contribution in [0.1, 0.15) is 39.2 Å². The van der Waals surface area contributed by atoms with Crippen molar-refractivity contribution in [2.45, 2.75) is 30.8 Å². The summed E-state index contributed by atoms with van der Waals surface area (Å²) in [6, 6.07) is 13.6. The van der Waals surface area contributed by atoms with Gasteiger partial charge in [0.25, 0.3) is 11.5 Å². The second-order valence-corrected chi connectivity index (χ2v) is 11.4. The topological polar surface area (TPSA) is 114 Å². The zero-order valence-corrected chi connectivity index (χ0v) is 22.7. The fraction of sp³-hybridized carbons (Fsp3) is 0.192. The molecule has 11 heteroatoms. The second-order valence-electron chi connectivity index (χ2n) is 8.41. The van der Waals surface area contributed by atoms with Gasteiger partial charge in [-0.2, -0.15) is 5.10 Å². The first-order valence-corrected chi connectivity index (χ1v) is 14.1. The van der Waals surface area contributed by atoms with E-state index in [0.717, 1.165) is 40.5 Å². The van der Waals surface area contributed by atoms with E-state index in [0.29, 0.717) is 21.8 Å². The number of carbonyl (C=O) groups excluding carboxylic acids is 1. The van der Waals surface area contributed by atoms with Crippen molar-refractivity contribution in [3.63, 3.8) is 0 Å². The third-order valence-corrected chi connectivity index (χ3v) is 8.59. The van der Waals surface area contributed by atoms with Crippen LogP contribution in [0.2, 0.25) is 0 Å². The van der Waals surface area contributed by atoms with Crippen molar-refractivity contribution < 1.29 is 14.7 Å². The summed E-state index contributed by atoms with van der Waals surface area (Å²) in [5, 5.41) is 14.1. The predicted octanol–water partition coefficient (Wildman–Crippen LogP) is 5.03. The number of nitrogens with one attached hydrogen (secondary N) is 1. The maximum Gasteiger partial charge on any atom is 0.335 e. The lowest BCUT2D eigenvalue weighted by molar-refractivity contribution is -0.118. The van der Waals surface area contributed by atoms with Gasteiger partial charge in [0.1, 0.15) is 4.83 Å². The van der Waals surface area contributed by atoms with E-state index in [2.05, 4.69) is 26.5 Å². The Morgan fingerprint density at radius 1 is 1.14 bits per heavy atom. The van der Waals surface area contributed by atoms with E-state index in [1.54, 1.807) is 28.0 Å². The summed E-state index contributed by atoms with van der Waals surface area (Å²) in [6.45, 7) is 0. The highest BCUT2D eigenvalue weighted by Crippen LogP contribution is 2.35. The number of fused-ring (bicyclic) bond motifs is 3. The van der Waals surface area contributed by atoms with Gasteiger partial charge in [-0.25, -0.2) is 15.2 Å². The third-order valence-electron chi connectivity index (χ3n) is 5.94. The number of rotatable bonds is 7. The second kappa shape index (κ2) is 11.0. The van der Waals surface area contributed by atoms with Crippen molar-refractivity contribution in [1.82, 2.24) is 15.0 Å². The Hall–Kier alpha value is -3.28. The number of amides is 1. The molecule has 0 unspecified atom stereocenters. The zero-order chi connectivity index (χ0) is 25.9. The van der Waals surface area contributed by atoms with Crippen molar-refractivity contribution in [1.29, 1.82) is 0 Å². The molecule has 0 aliphatic heterocycles. The number of nitrogens with zero attached hydrogens (tertiary/aromatic N) is 3. The van der Waals surface area contributed by atoms with E-state index in [-0.39, 0.29) is 22.8 Å². The van der Waals surface area contributed by atoms with Gasteiger partial charge in [0.2, 0.25) is 0 Å². The summed E-state index contributed by atoms with van der Waals surface area (Å²) in [4.78, 5) is 44.0. The van der Waals surface area contributed by atoms with Gasteiger partial charge >= 0.3 is 5.97 Å². The minimum Gasteiger partial charge on any atom is -0.478 e. The van der Waals surface area contributed by atoms with Crippen LogP contribution in [0.3, 0.4) is 0 Å². The van der Waals surface area contributed by atoms with Crippen molar-refractivity contribution >= 4 is 67.3 Å². The molecular formula is C26H21BrN4O4S2.